The van der Waals surface area contributed by atoms with Crippen LogP contribution in [0.25, 0.3) is 0 Å². The molecule has 5 nitrogen and oxygen atoms in total. The van der Waals surface area contributed by atoms with Gasteiger partial charge in [-0.05, 0) is 36.8 Å². The minimum Gasteiger partial charge on any atom is -0.257 e. The van der Waals surface area contributed by atoms with E-state index < -0.39 is 10.0 Å². The summed E-state index contributed by atoms with van der Waals surface area (Å²) in [5, 5.41) is 5.18. The highest BCUT2D eigenvalue weighted by molar-refractivity contribution is 7.89. The highest BCUT2D eigenvalue weighted by Gasteiger charge is 2.25. The monoisotopic (exact) mass is 361 g/mol. The third kappa shape index (κ3) is 3.81. The third-order valence-corrected chi connectivity index (χ3v) is 5.60. The van der Waals surface area contributed by atoms with Gasteiger partial charge in [0.2, 0.25) is 10.0 Å². The number of nitrogens with zero attached hydrogens (tertiary/aromatic N) is 3. The number of aryl methyl sites for hydroxylation is 1. The van der Waals surface area contributed by atoms with Crippen LogP contribution in [0.3, 0.4) is 0 Å². The van der Waals surface area contributed by atoms with E-state index >= 15 is 0 Å². The second-order valence-corrected chi connectivity index (χ2v) is 7.64. The Morgan fingerprint density at radius 3 is 2.36 bits per heavy atom. The summed E-state index contributed by atoms with van der Waals surface area (Å²) in [6, 6.07) is 7.81. The number of halogens is 2. The summed E-state index contributed by atoms with van der Waals surface area (Å²) in [5.74, 6) is 0. The van der Waals surface area contributed by atoms with Crippen molar-refractivity contribution in [2.24, 2.45) is 7.05 Å². The lowest BCUT2D eigenvalue weighted by molar-refractivity contribution is 0.400. The van der Waals surface area contributed by atoms with Gasteiger partial charge < -0.3 is 0 Å². The van der Waals surface area contributed by atoms with Crippen molar-refractivity contribution in [3.8, 4) is 0 Å². The van der Waals surface area contributed by atoms with Crippen LogP contribution >= 0.6 is 23.2 Å². The fourth-order valence-electron chi connectivity index (χ4n) is 2.05. The third-order valence-electron chi connectivity index (χ3n) is 3.14. The van der Waals surface area contributed by atoms with Gasteiger partial charge in [0.15, 0.2) is 0 Å². The fraction of sp³-hybridized carbons (Fsp3) is 0.357. The van der Waals surface area contributed by atoms with E-state index in [9.17, 15) is 8.42 Å². The fourth-order valence-corrected chi connectivity index (χ4v) is 3.84. The molecule has 0 aliphatic rings. The van der Waals surface area contributed by atoms with Crippen molar-refractivity contribution >= 4 is 33.2 Å². The van der Waals surface area contributed by atoms with Crippen molar-refractivity contribution in [1.82, 2.24) is 14.1 Å². The Morgan fingerprint density at radius 1 is 1.23 bits per heavy atom. The second kappa shape index (κ2) is 7.00. The van der Waals surface area contributed by atoms with E-state index in [1.807, 2.05) is 6.92 Å². The molecule has 0 atom stereocenters. The summed E-state index contributed by atoms with van der Waals surface area (Å²) in [4.78, 5) is 0.215. The molecule has 120 valence electrons. The molecule has 1 aromatic heterocycles. The Labute approximate surface area is 140 Å². The minimum absolute atomic E-state index is 0.180. The zero-order chi connectivity index (χ0) is 16.3. The lowest BCUT2D eigenvalue weighted by atomic mass is 10.4. The summed E-state index contributed by atoms with van der Waals surface area (Å²) in [7, 11) is -1.89. The first-order valence-corrected chi connectivity index (χ1v) is 8.98. The van der Waals surface area contributed by atoms with Crippen molar-refractivity contribution < 1.29 is 8.42 Å². The molecule has 2 rings (SSSR count). The summed E-state index contributed by atoms with van der Waals surface area (Å²) in [6.45, 7) is 2.51. The van der Waals surface area contributed by atoms with Gasteiger partial charge in [-0.3, -0.25) is 4.68 Å². The van der Waals surface area contributed by atoms with E-state index in [1.165, 1.54) is 21.1 Å². The number of sulfonamides is 1. The largest absolute Gasteiger partial charge is 0.257 e. The molecule has 0 aliphatic carbocycles. The van der Waals surface area contributed by atoms with Gasteiger partial charge in [0.1, 0.15) is 5.15 Å². The summed E-state index contributed by atoms with van der Waals surface area (Å²) >= 11 is 11.8. The van der Waals surface area contributed by atoms with Crippen molar-refractivity contribution in [1.29, 1.82) is 0 Å². The predicted molar refractivity (Wildman–Crippen MR) is 87.6 cm³/mol. The smallest absolute Gasteiger partial charge is 0.243 e. The molecule has 1 aromatic carbocycles. The molecule has 0 radical (unpaired) electrons. The maximum atomic E-state index is 12.7. The Kier molecular flexibility index (Phi) is 5.50. The summed E-state index contributed by atoms with van der Waals surface area (Å²) < 4.78 is 28.4. The van der Waals surface area contributed by atoms with Gasteiger partial charge in [0.05, 0.1) is 17.1 Å². The van der Waals surface area contributed by atoms with Crippen LogP contribution in [0.4, 0.5) is 0 Å². The molecule has 22 heavy (non-hydrogen) atoms. The van der Waals surface area contributed by atoms with Gasteiger partial charge in [-0.2, -0.15) is 9.40 Å². The number of benzene rings is 1. The van der Waals surface area contributed by atoms with Crippen LogP contribution in [0, 0.1) is 0 Å². The van der Waals surface area contributed by atoms with Crippen LogP contribution in [0.5, 0.6) is 0 Å². The Bertz CT molecular complexity index is 722. The Hall–Kier alpha value is -1.08. The van der Waals surface area contributed by atoms with E-state index in [0.29, 0.717) is 28.8 Å². The van der Waals surface area contributed by atoms with Crippen molar-refractivity contribution in [3.63, 3.8) is 0 Å². The van der Waals surface area contributed by atoms with Gasteiger partial charge in [-0.25, -0.2) is 8.42 Å². The van der Waals surface area contributed by atoms with E-state index in [-0.39, 0.29) is 11.4 Å². The highest BCUT2D eigenvalue weighted by Crippen LogP contribution is 2.21. The van der Waals surface area contributed by atoms with Crippen LogP contribution < -0.4 is 0 Å². The summed E-state index contributed by atoms with van der Waals surface area (Å²) in [6.07, 6.45) is 0.702. The van der Waals surface area contributed by atoms with E-state index in [0.717, 1.165) is 0 Å². The van der Waals surface area contributed by atoms with Gasteiger partial charge >= 0.3 is 0 Å². The molecule has 8 heteroatoms. The number of hydrogen-bond donors (Lipinski definition) is 0. The van der Waals surface area contributed by atoms with Crippen molar-refractivity contribution in [2.75, 3.05) is 6.54 Å². The molecule has 0 aliphatic heterocycles. The van der Waals surface area contributed by atoms with Gasteiger partial charge in [-0.15, -0.1) is 0 Å². The lowest BCUT2D eigenvalue weighted by Gasteiger charge is -2.20. The molecule has 0 saturated heterocycles. The standard InChI is InChI=1S/C14H17Cl2N3O2S/c1-3-8-19(10-12-9-14(16)18(2)17-12)22(20,21)13-6-4-11(15)5-7-13/h4-7,9H,3,8,10H2,1-2H3. The second-order valence-electron chi connectivity index (χ2n) is 4.87. The SMILES string of the molecule is CCCN(Cc1cc(Cl)n(C)n1)S(=O)(=O)c1ccc(Cl)cc1. The van der Waals surface area contributed by atoms with Crippen LogP contribution in [-0.4, -0.2) is 29.0 Å². The highest BCUT2D eigenvalue weighted by atomic mass is 35.5. The zero-order valence-corrected chi connectivity index (χ0v) is 14.7. The first-order chi connectivity index (χ1) is 10.3. The molecule has 0 amide bonds. The van der Waals surface area contributed by atoms with Gasteiger partial charge in [0.25, 0.3) is 0 Å². The van der Waals surface area contributed by atoms with Gasteiger partial charge in [-0.1, -0.05) is 30.1 Å². The molecule has 0 fully saturated rings. The number of aromatic nitrogens is 2. The van der Waals surface area contributed by atoms with Crippen LogP contribution in [-0.2, 0) is 23.6 Å². The molecule has 0 spiro atoms. The predicted octanol–water partition coefficient (Wildman–Crippen LogP) is 3.33. The Morgan fingerprint density at radius 2 is 1.86 bits per heavy atom. The maximum absolute atomic E-state index is 12.7. The van der Waals surface area contributed by atoms with Crippen LogP contribution in [0.15, 0.2) is 35.2 Å². The molecule has 0 bridgehead atoms. The molecule has 0 N–H and O–H groups in total. The maximum Gasteiger partial charge on any atom is 0.243 e. The summed E-state index contributed by atoms with van der Waals surface area (Å²) in [5.41, 5.74) is 0.610. The first kappa shape index (κ1) is 17.3. The van der Waals surface area contributed by atoms with E-state index in [4.69, 9.17) is 23.2 Å². The Balaban J connectivity index is 2.31. The van der Waals surface area contributed by atoms with Gasteiger partial charge in [0, 0.05) is 18.6 Å². The molecular weight excluding hydrogens is 345 g/mol. The molecule has 2 aromatic rings. The lowest BCUT2D eigenvalue weighted by Crippen LogP contribution is -2.31. The normalized spacial score (nSPS) is 12.0. The average Bonchev–Trinajstić information content (AvgIpc) is 2.77. The molecule has 1 heterocycles. The molecular formula is C14H17Cl2N3O2S. The molecule has 0 saturated carbocycles. The van der Waals surface area contributed by atoms with Crippen LogP contribution in [0.1, 0.15) is 19.0 Å². The van der Waals surface area contributed by atoms with Crippen LogP contribution in [0.2, 0.25) is 10.2 Å². The number of hydrogen-bond acceptors (Lipinski definition) is 3. The zero-order valence-electron chi connectivity index (χ0n) is 12.3. The first-order valence-electron chi connectivity index (χ1n) is 6.78. The van der Waals surface area contributed by atoms with Crippen molar-refractivity contribution in [3.05, 3.63) is 46.2 Å². The molecule has 0 unspecified atom stereocenters. The van der Waals surface area contributed by atoms with Crippen molar-refractivity contribution in [2.45, 2.75) is 24.8 Å². The topological polar surface area (TPSA) is 55.2 Å². The number of rotatable bonds is 6. The average molecular weight is 362 g/mol. The van der Waals surface area contributed by atoms with E-state index in [1.54, 1.807) is 25.2 Å². The minimum atomic E-state index is -3.60. The van der Waals surface area contributed by atoms with E-state index in [2.05, 4.69) is 5.10 Å². The quantitative estimate of drug-likeness (QED) is 0.792.